The number of rotatable bonds is 4. The van der Waals surface area contributed by atoms with Crippen LogP contribution in [0.25, 0.3) is 11.0 Å². The zero-order chi connectivity index (χ0) is 18.7. The zero-order valence-corrected chi connectivity index (χ0v) is 15.2. The summed E-state index contributed by atoms with van der Waals surface area (Å²) in [6, 6.07) is 4.67. The van der Waals surface area contributed by atoms with E-state index in [0.717, 1.165) is 32.1 Å². The van der Waals surface area contributed by atoms with E-state index >= 15 is 0 Å². The fourth-order valence-corrected chi connectivity index (χ4v) is 3.42. The minimum Gasteiger partial charge on any atom is -0.464 e. The molecule has 0 saturated heterocycles. The molecule has 0 radical (unpaired) electrons. The number of halogens is 1. The second-order valence-corrected chi connectivity index (χ2v) is 6.93. The number of ether oxygens (including phenoxy) is 1. The molecule has 1 heterocycles. The van der Waals surface area contributed by atoms with E-state index in [4.69, 9.17) is 20.8 Å². The van der Waals surface area contributed by atoms with Gasteiger partial charge in [0.1, 0.15) is 11.8 Å². The van der Waals surface area contributed by atoms with Crippen molar-refractivity contribution in [2.45, 2.75) is 51.2 Å². The van der Waals surface area contributed by atoms with Crippen molar-refractivity contribution in [3.05, 3.63) is 45.3 Å². The number of nitrogens with one attached hydrogen (secondary N) is 1. The smallest absolute Gasteiger partial charge is 0.303 e. The highest BCUT2D eigenvalue weighted by atomic mass is 35.5. The van der Waals surface area contributed by atoms with E-state index in [1.807, 2.05) is 0 Å². The predicted octanol–water partition coefficient (Wildman–Crippen LogP) is 3.50. The monoisotopic (exact) mass is 377 g/mol. The fraction of sp³-hybridized carbons (Fsp3) is 0.421. The molecule has 2 aromatic rings. The summed E-state index contributed by atoms with van der Waals surface area (Å²) >= 11 is 5.95. The topological polar surface area (TPSA) is 85.6 Å². The second-order valence-electron chi connectivity index (χ2n) is 6.49. The van der Waals surface area contributed by atoms with Crippen molar-refractivity contribution in [2.24, 2.45) is 0 Å². The van der Waals surface area contributed by atoms with E-state index < -0.39 is 23.4 Å². The maximum Gasteiger partial charge on any atom is 0.303 e. The molecule has 0 spiro atoms. The van der Waals surface area contributed by atoms with Crippen LogP contribution in [-0.4, -0.2) is 17.9 Å². The van der Waals surface area contributed by atoms with Gasteiger partial charge in [-0.1, -0.05) is 30.9 Å². The van der Waals surface area contributed by atoms with E-state index in [9.17, 15) is 14.4 Å². The summed E-state index contributed by atoms with van der Waals surface area (Å²) in [5.74, 6) is -1.17. The molecule has 1 unspecified atom stereocenters. The van der Waals surface area contributed by atoms with Gasteiger partial charge in [0.2, 0.25) is 6.10 Å². The van der Waals surface area contributed by atoms with E-state index in [-0.39, 0.29) is 17.0 Å². The Morgan fingerprint density at radius 3 is 2.69 bits per heavy atom. The van der Waals surface area contributed by atoms with Crippen molar-refractivity contribution in [3.63, 3.8) is 0 Å². The highest BCUT2D eigenvalue weighted by Gasteiger charge is 2.30. The van der Waals surface area contributed by atoms with E-state index in [1.54, 1.807) is 12.1 Å². The minimum absolute atomic E-state index is 0.0243. The summed E-state index contributed by atoms with van der Waals surface area (Å²) in [6.45, 7) is 1.19. The lowest BCUT2D eigenvalue weighted by molar-refractivity contribution is -0.154. The molecule has 0 bridgehead atoms. The third kappa shape index (κ3) is 4.07. The van der Waals surface area contributed by atoms with E-state index in [2.05, 4.69) is 5.32 Å². The number of benzene rings is 1. The zero-order valence-electron chi connectivity index (χ0n) is 14.4. The Morgan fingerprint density at radius 1 is 1.27 bits per heavy atom. The van der Waals surface area contributed by atoms with Gasteiger partial charge >= 0.3 is 5.97 Å². The van der Waals surface area contributed by atoms with Crippen molar-refractivity contribution in [3.8, 4) is 0 Å². The molecule has 1 aromatic carbocycles. The molecule has 1 aliphatic carbocycles. The van der Waals surface area contributed by atoms with Gasteiger partial charge in [-0.2, -0.15) is 0 Å². The van der Waals surface area contributed by atoms with Crippen LogP contribution in [0.5, 0.6) is 0 Å². The summed E-state index contributed by atoms with van der Waals surface area (Å²) in [4.78, 5) is 37.0. The van der Waals surface area contributed by atoms with Crippen LogP contribution >= 0.6 is 11.6 Å². The standard InChI is InChI=1S/C19H20ClNO5/c1-11(22)26-18(19(24)21-13-5-3-2-4-6-13)15-10-25-16-8-7-12(20)9-14(16)17(15)23/h7-10,13,18H,2-6H2,1H3,(H,21,24). The SMILES string of the molecule is CC(=O)OC(C(=O)NC1CCCCC1)c1coc2ccc(Cl)cc2c1=O. The van der Waals surface area contributed by atoms with Gasteiger partial charge < -0.3 is 14.5 Å². The first-order valence-corrected chi connectivity index (χ1v) is 9.02. The van der Waals surface area contributed by atoms with Gasteiger partial charge in [0.15, 0.2) is 5.43 Å². The van der Waals surface area contributed by atoms with E-state index in [0.29, 0.717) is 10.6 Å². The third-order valence-electron chi connectivity index (χ3n) is 4.52. The minimum atomic E-state index is -1.35. The Labute approximate surface area is 155 Å². The van der Waals surface area contributed by atoms with Crippen LogP contribution in [0.2, 0.25) is 5.02 Å². The molecule has 0 aliphatic heterocycles. The number of hydrogen-bond acceptors (Lipinski definition) is 5. The first-order chi connectivity index (χ1) is 12.5. The Bertz CT molecular complexity index is 885. The van der Waals surface area contributed by atoms with Gasteiger partial charge in [-0.25, -0.2) is 0 Å². The molecule has 6 nitrogen and oxygen atoms in total. The molecule has 1 saturated carbocycles. The van der Waals surface area contributed by atoms with Crippen LogP contribution in [0.4, 0.5) is 0 Å². The molecular weight excluding hydrogens is 358 g/mol. The van der Waals surface area contributed by atoms with Crippen molar-refractivity contribution in [1.29, 1.82) is 0 Å². The van der Waals surface area contributed by atoms with Crippen LogP contribution in [0.3, 0.4) is 0 Å². The van der Waals surface area contributed by atoms with Crippen molar-refractivity contribution >= 4 is 34.4 Å². The summed E-state index contributed by atoms with van der Waals surface area (Å²) in [7, 11) is 0. The number of fused-ring (bicyclic) bond motifs is 1. The summed E-state index contributed by atoms with van der Waals surface area (Å²) < 4.78 is 10.6. The van der Waals surface area contributed by atoms with E-state index in [1.165, 1.54) is 19.3 Å². The van der Waals surface area contributed by atoms with Gasteiger partial charge in [-0.3, -0.25) is 14.4 Å². The average molecular weight is 378 g/mol. The predicted molar refractivity (Wildman–Crippen MR) is 97.0 cm³/mol. The highest BCUT2D eigenvalue weighted by molar-refractivity contribution is 6.31. The van der Waals surface area contributed by atoms with Crippen molar-refractivity contribution < 1.29 is 18.7 Å². The fourth-order valence-electron chi connectivity index (χ4n) is 3.25. The van der Waals surface area contributed by atoms with Crippen LogP contribution in [-0.2, 0) is 14.3 Å². The number of carbonyl (C=O) groups excluding carboxylic acids is 2. The maximum atomic E-state index is 12.8. The lowest BCUT2D eigenvalue weighted by Gasteiger charge is -2.25. The summed E-state index contributed by atoms with van der Waals surface area (Å²) in [6.07, 6.45) is 4.80. The molecule has 1 amide bonds. The Kier molecular flexibility index (Phi) is 5.61. The lowest BCUT2D eigenvalue weighted by Crippen LogP contribution is -2.41. The van der Waals surface area contributed by atoms with Gasteiger partial charge in [-0.05, 0) is 31.0 Å². The molecule has 138 valence electrons. The molecule has 7 heteroatoms. The second kappa shape index (κ2) is 7.91. The molecule has 1 aromatic heterocycles. The van der Waals surface area contributed by atoms with Crippen LogP contribution in [0, 0.1) is 0 Å². The van der Waals surface area contributed by atoms with Crippen molar-refractivity contribution in [1.82, 2.24) is 5.32 Å². The Hall–Kier alpha value is -2.34. The van der Waals surface area contributed by atoms with Gasteiger partial charge in [0.05, 0.1) is 10.9 Å². The molecule has 1 atom stereocenters. The largest absolute Gasteiger partial charge is 0.464 e. The Morgan fingerprint density at radius 2 is 2.00 bits per heavy atom. The average Bonchev–Trinajstić information content (AvgIpc) is 2.61. The number of esters is 1. The number of amides is 1. The number of carbonyl (C=O) groups is 2. The molecule has 1 N–H and O–H groups in total. The van der Waals surface area contributed by atoms with Gasteiger partial charge in [-0.15, -0.1) is 0 Å². The maximum absolute atomic E-state index is 12.8. The van der Waals surface area contributed by atoms with Crippen LogP contribution < -0.4 is 10.7 Å². The highest BCUT2D eigenvalue weighted by Crippen LogP contribution is 2.23. The molecule has 1 fully saturated rings. The third-order valence-corrected chi connectivity index (χ3v) is 4.75. The summed E-state index contributed by atoms with van der Waals surface area (Å²) in [5, 5.41) is 3.49. The van der Waals surface area contributed by atoms with Gasteiger partial charge in [0.25, 0.3) is 5.91 Å². The first-order valence-electron chi connectivity index (χ1n) is 8.64. The van der Waals surface area contributed by atoms with Crippen LogP contribution in [0.1, 0.15) is 50.7 Å². The molecular formula is C19H20ClNO5. The van der Waals surface area contributed by atoms with Crippen LogP contribution in [0.15, 0.2) is 33.7 Å². The van der Waals surface area contributed by atoms with Gasteiger partial charge in [0, 0.05) is 18.0 Å². The molecule has 26 heavy (non-hydrogen) atoms. The summed E-state index contributed by atoms with van der Waals surface area (Å²) in [5.41, 5.74) is -0.125. The Balaban J connectivity index is 1.95. The first kappa shape index (κ1) is 18.5. The molecule has 1 aliphatic rings. The number of hydrogen-bond donors (Lipinski definition) is 1. The lowest BCUT2D eigenvalue weighted by atomic mass is 9.95. The molecule has 3 rings (SSSR count). The normalized spacial score (nSPS) is 16.2. The van der Waals surface area contributed by atoms with Crippen molar-refractivity contribution in [2.75, 3.05) is 0 Å². The quantitative estimate of drug-likeness (QED) is 0.824.